The third kappa shape index (κ3) is 2.69. The monoisotopic (exact) mass is 311 g/mol. The molecule has 7 heteroatoms. The molecule has 1 fully saturated rings. The standard InChI is InChI=1S/C14H18ClN3O3/c1-10(19)14(16-2)9-17(7-8-18(14)13(20)21)12-6-4-3-5-11(12)15/h3-6,16H,7-9H2,1-2H3,(H,20,21). The van der Waals surface area contributed by atoms with Crippen molar-refractivity contribution < 1.29 is 14.7 Å². The van der Waals surface area contributed by atoms with Crippen LogP contribution in [0.5, 0.6) is 0 Å². The highest BCUT2D eigenvalue weighted by Crippen LogP contribution is 2.30. The van der Waals surface area contributed by atoms with Crippen LogP contribution in [0.1, 0.15) is 6.92 Å². The van der Waals surface area contributed by atoms with Gasteiger partial charge in [-0.15, -0.1) is 0 Å². The van der Waals surface area contributed by atoms with E-state index >= 15 is 0 Å². The molecule has 1 atom stereocenters. The largest absolute Gasteiger partial charge is 0.465 e. The Morgan fingerprint density at radius 1 is 1.33 bits per heavy atom. The molecule has 21 heavy (non-hydrogen) atoms. The number of anilines is 1. The predicted molar refractivity (Wildman–Crippen MR) is 80.9 cm³/mol. The van der Waals surface area contributed by atoms with Crippen molar-refractivity contribution in [3.8, 4) is 0 Å². The predicted octanol–water partition coefficient (Wildman–Crippen LogP) is 1.64. The zero-order valence-corrected chi connectivity index (χ0v) is 12.7. The minimum absolute atomic E-state index is 0.217. The minimum Gasteiger partial charge on any atom is -0.465 e. The number of Topliss-reactive ketones (excluding diaryl/α,β-unsaturated/α-hetero) is 1. The van der Waals surface area contributed by atoms with Crippen LogP contribution in [0.2, 0.25) is 5.02 Å². The van der Waals surface area contributed by atoms with Crippen LogP contribution in [-0.4, -0.2) is 54.2 Å². The van der Waals surface area contributed by atoms with Gasteiger partial charge in [-0.25, -0.2) is 4.79 Å². The zero-order valence-electron chi connectivity index (χ0n) is 12.0. The number of hydrogen-bond donors (Lipinski definition) is 2. The van der Waals surface area contributed by atoms with E-state index in [0.717, 1.165) is 10.6 Å². The number of likely N-dealkylation sites (N-methyl/N-ethyl adjacent to an activating group) is 1. The summed E-state index contributed by atoms with van der Waals surface area (Å²) >= 11 is 6.20. The van der Waals surface area contributed by atoms with E-state index in [2.05, 4.69) is 5.32 Å². The summed E-state index contributed by atoms with van der Waals surface area (Å²) in [4.78, 5) is 26.6. The molecule has 1 amide bonds. The Morgan fingerprint density at radius 2 is 2.00 bits per heavy atom. The van der Waals surface area contributed by atoms with Gasteiger partial charge in [0.05, 0.1) is 17.3 Å². The highest BCUT2D eigenvalue weighted by molar-refractivity contribution is 6.33. The average molecular weight is 312 g/mol. The molecule has 0 aromatic heterocycles. The second kappa shape index (κ2) is 5.91. The average Bonchev–Trinajstić information content (AvgIpc) is 2.46. The number of carbonyl (C=O) groups excluding carboxylic acids is 1. The van der Waals surface area contributed by atoms with Gasteiger partial charge in [0, 0.05) is 13.1 Å². The molecule has 0 spiro atoms. The number of carboxylic acid groups (broad SMARTS) is 1. The summed E-state index contributed by atoms with van der Waals surface area (Å²) in [6, 6.07) is 7.32. The van der Waals surface area contributed by atoms with Gasteiger partial charge in [0.15, 0.2) is 11.4 Å². The van der Waals surface area contributed by atoms with E-state index in [1.807, 2.05) is 23.1 Å². The molecule has 1 heterocycles. The fourth-order valence-electron chi connectivity index (χ4n) is 2.72. The first-order valence-corrected chi connectivity index (χ1v) is 7.00. The highest BCUT2D eigenvalue weighted by Gasteiger charge is 2.47. The molecule has 0 saturated carbocycles. The van der Waals surface area contributed by atoms with Crippen molar-refractivity contribution in [3.63, 3.8) is 0 Å². The third-order valence-electron chi connectivity index (χ3n) is 3.89. The summed E-state index contributed by atoms with van der Waals surface area (Å²) in [6.07, 6.45) is -1.11. The number of hydrogen-bond acceptors (Lipinski definition) is 4. The fourth-order valence-corrected chi connectivity index (χ4v) is 2.97. The second-order valence-electron chi connectivity index (χ2n) is 4.97. The lowest BCUT2D eigenvalue weighted by Crippen LogP contribution is -2.73. The number of halogens is 1. The number of rotatable bonds is 3. The molecule has 0 radical (unpaired) electrons. The van der Waals surface area contributed by atoms with Crippen LogP contribution in [0.15, 0.2) is 24.3 Å². The Bertz CT molecular complexity index is 566. The first-order valence-electron chi connectivity index (χ1n) is 6.62. The Morgan fingerprint density at radius 3 is 2.52 bits per heavy atom. The lowest BCUT2D eigenvalue weighted by atomic mass is 9.99. The van der Waals surface area contributed by atoms with E-state index in [9.17, 15) is 14.7 Å². The normalized spacial score (nSPS) is 22.2. The van der Waals surface area contributed by atoms with Crippen LogP contribution < -0.4 is 10.2 Å². The molecule has 0 aliphatic carbocycles. The molecular formula is C14H18ClN3O3. The van der Waals surface area contributed by atoms with Gasteiger partial charge < -0.3 is 10.0 Å². The van der Waals surface area contributed by atoms with E-state index in [4.69, 9.17) is 11.6 Å². The van der Waals surface area contributed by atoms with Crippen LogP contribution in [0.3, 0.4) is 0 Å². The zero-order chi connectivity index (χ0) is 15.6. The molecular weight excluding hydrogens is 294 g/mol. The van der Waals surface area contributed by atoms with Crippen LogP contribution in [0.25, 0.3) is 0 Å². The molecule has 1 aliphatic rings. The van der Waals surface area contributed by atoms with Crippen LogP contribution in [0, 0.1) is 0 Å². The second-order valence-corrected chi connectivity index (χ2v) is 5.38. The van der Waals surface area contributed by atoms with Gasteiger partial charge in [-0.2, -0.15) is 0 Å². The summed E-state index contributed by atoms with van der Waals surface area (Å²) in [5.41, 5.74) is -0.464. The van der Waals surface area contributed by atoms with E-state index in [0.29, 0.717) is 11.6 Å². The topological polar surface area (TPSA) is 72.9 Å². The highest BCUT2D eigenvalue weighted by atomic mass is 35.5. The number of nitrogens with zero attached hydrogens (tertiary/aromatic N) is 2. The molecule has 1 unspecified atom stereocenters. The molecule has 1 saturated heterocycles. The lowest BCUT2D eigenvalue weighted by molar-refractivity contribution is -0.130. The number of benzene rings is 1. The molecule has 0 bridgehead atoms. The summed E-state index contributed by atoms with van der Waals surface area (Å²) < 4.78 is 0. The number of para-hydroxylation sites is 1. The van der Waals surface area contributed by atoms with Crippen molar-refractivity contribution in [2.24, 2.45) is 0 Å². The summed E-state index contributed by atoms with van der Waals surface area (Å²) in [6.45, 7) is 2.31. The third-order valence-corrected chi connectivity index (χ3v) is 4.21. The molecule has 1 aliphatic heterocycles. The molecule has 2 rings (SSSR count). The maximum atomic E-state index is 12.1. The Labute approximate surface area is 128 Å². The van der Waals surface area contributed by atoms with Gasteiger partial charge in [-0.1, -0.05) is 23.7 Å². The minimum atomic E-state index is -1.26. The molecule has 6 nitrogen and oxygen atoms in total. The SMILES string of the molecule is CNC1(C(C)=O)CN(c2ccccc2Cl)CCN1C(=O)O. The van der Waals surface area contributed by atoms with Crippen LogP contribution in [-0.2, 0) is 4.79 Å². The number of amides is 1. The molecule has 114 valence electrons. The van der Waals surface area contributed by atoms with Gasteiger partial charge in [0.25, 0.3) is 0 Å². The quantitative estimate of drug-likeness (QED) is 0.888. The lowest BCUT2D eigenvalue weighted by Gasteiger charge is -2.48. The van der Waals surface area contributed by atoms with E-state index in [-0.39, 0.29) is 18.9 Å². The number of piperazine rings is 1. The summed E-state index contributed by atoms with van der Waals surface area (Å²) in [5.74, 6) is -0.246. The van der Waals surface area contributed by atoms with Crippen molar-refractivity contribution in [3.05, 3.63) is 29.3 Å². The van der Waals surface area contributed by atoms with E-state index in [1.54, 1.807) is 13.1 Å². The molecule has 1 aromatic carbocycles. The maximum Gasteiger partial charge on any atom is 0.409 e. The van der Waals surface area contributed by atoms with E-state index in [1.165, 1.54) is 6.92 Å². The summed E-state index contributed by atoms with van der Waals surface area (Å²) in [7, 11) is 1.59. The maximum absolute atomic E-state index is 12.1. The van der Waals surface area contributed by atoms with Crippen molar-refractivity contribution >= 4 is 29.2 Å². The Hall–Kier alpha value is -1.79. The van der Waals surface area contributed by atoms with Crippen LogP contribution in [0.4, 0.5) is 10.5 Å². The number of ketones is 1. The van der Waals surface area contributed by atoms with Gasteiger partial charge in [-0.05, 0) is 26.1 Å². The van der Waals surface area contributed by atoms with E-state index < -0.39 is 11.8 Å². The number of nitrogens with one attached hydrogen (secondary N) is 1. The molecule has 2 N–H and O–H groups in total. The van der Waals surface area contributed by atoms with Gasteiger partial charge in [0.1, 0.15) is 0 Å². The van der Waals surface area contributed by atoms with Crippen LogP contribution >= 0.6 is 11.6 Å². The fraction of sp³-hybridized carbons (Fsp3) is 0.429. The van der Waals surface area contributed by atoms with Gasteiger partial charge >= 0.3 is 6.09 Å². The Balaban J connectivity index is 2.38. The first-order chi connectivity index (χ1) is 9.92. The van der Waals surface area contributed by atoms with Crippen molar-refractivity contribution in [2.75, 3.05) is 31.6 Å². The number of carbonyl (C=O) groups is 2. The Kier molecular flexibility index (Phi) is 4.39. The van der Waals surface area contributed by atoms with Gasteiger partial charge in [0.2, 0.25) is 0 Å². The smallest absolute Gasteiger partial charge is 0.409 e. The van der Waals surface area contributed by atoms with Crippen molar-refractivity contribution in [1.82, 2.24) is 10.2 Å². The van der Waals surface area contributed by atoms with Crippen molar-refractivity contribution in [1.29, 1.82) is 0 Å². The molecule has 1 aromatic rings. The summed E-state index contributed by atoms with van der Waals surface area (Å²) in [5, 5.41) is 12.8. The first kappa shape index (κ1) is 15.6. The van der Waals surface area contributed by atoms with Crippen molar-refractivity contribution in [2.45, 2.75) is 12.6 Å². The van der Waals surface area contributed by atoms with Gasteiger partial charge in [-0.3, -0.25) is 15.0 Å².